The number of hydrogen-bond donors (Lipinski definition) is 2. The molecule has 0 fully saturated rings. The lowest BCUT2D eigenvalue weighted by Crippen LogP contribution is -2.37. The van der Waals surface area contributed by atoms with Crippen molar-refractivity contribution in [2.75, 3.05) is 5.32 Å². The van der Waals surface area contributed by atoms with Crippen LogP contribution >= 0.6 is 0 Å². The second-order valence-corrected chi connectivity index (χ2v) is 5.76. The van der Waals surface area contributed by atoms with E-state index in [0.717, 1.165) is 10.8 Å². The van der Waals surface area contributed by atoms with Crippen LogP contribution in [-0.4, -0.2) is 24.8 Å². The summed E-state index contributed by atoms with van der Waals surface area (Å²) in [5.74, 6) is -0.770. The van der Waals surface area contributed by atoms with E-state index in [-0.39, 0.29) is 11.3 Å². The number of aromatic amines is 1. The summed E-state index contributed by atoms with van der Waals surface area (Å²) in [5, 5.41) is 2.48. The van der Waals surface area contributed by atoms with Crippen LogP contribution in [0, 0.1) is 6.92 Å². The van der Waals surface area contributed by atoms with Gasteiger partial charge in [0, 0.05) is 20.3 Å². The highest BCUT2D eigenvalue weighted by molar-refractivity contribution is 6.04. The molecular formula is C17H17N5O4. The van der Waals surface area contributed by atoms with Gasteiger partial charge in [-0.2, -0.15) is 0 Å². The molecule has 3 rings (SSSR count). The summed E-state index contributed by atoms with van der Waals surface area (Å²) in [5.41, 5.74) is -0.837. The molecule has 0 atom stereocenters. The minimum absolute atomic E-state index is 0.0645. The lowest BCUT2D eigenvalue weighted by atomic mass is 10.3. The number of nitrogens with zero attached hydrogens (tertiary/aromatic N) is 3. The molecule has 2 N–H and O–H groups in total. The molecule has 9 heteroatoms. The van der Waals surface area contributed by atoms with E-state index in [1.165, 1.54) is 11.7 Å². The first-order valence-corrected chi connectivity index (χ1v) is 7.77. The number of amides is 1. The minimum atomic E-state index is -0.770. The van der Waals surface area contributed by atoms with Crippen LogP contribution in [0.1, 0.15) is 16.1 Å². The molecule has 1 aromatic carbocycles. The fourth-order valence-electron chi connectivity index (χ4n) is 2.62. The van der Waals surface area contributed by atoms with Gasteiger partial charge in [-0.1, -0.05) is 18.2 Å². The molecule has 26 heavy (non-hydrogen) atoms. The Morgan fingerprint density at radius 1 is 1.04 bits per heavy atom. The second kappa shape index (κ2) is 6.36. The fraction of sp³-hybridized carbons (Fsp3) is 0.176. The predicted molar refractivity (Wildman–Crippen MR) is 96.0 cm³/mol. The van der Waals surface area contributed by atoms with Gasteiger partial charge in [0.2, 0.25) is 0 Å². The Kier molecular flexibility index (Phi) is 4.21. The smallest absolute Gasteiger partial charge is 0.316 e. The topological polar surface area (TPSA) is 111 Å². The number of benzene rings is 1. The summed E-state index contributed by atoms with van der Waals surface area (Å²) in [6, 6.07) is 8.96. The first-order valence-electron chi connectivity index (χ1n) is 7.77. The van der Waals surface area contributed by atoms with Crippen LogP contribution in [0.4, 0.5) is 5.69 Å². The number of carbonyl (C=O) groups is 1. The molecule has 0 aliphatic heterocycles. The molecule has 2 heterocycles. The number of hydrogen-bond acceptors (Lipinski definition) is 4. The molecule has 9 nitrogen and oxygen atoms in total. The van der Waals surface area contributed by atoms with Crippen molar-refractivity contribution in [2.24, 2.45) is 14.1 Å². The zero-order chi connectivity index (χ0) is 19.0. The van der Waals surface area contributed by atoms with Gasteiger partial charge in [-0.3, -0.25) is 23.6 Å². The van der Waals surface area contributed by atoms with Gasteiger partial charge in [-0.05, 0) is 19.1 Å². The summed E-state index contributed by atoms with van der Waals surface area (Å²) in [4.78, 5) is 51.0. The summed E-state index contributed by atoms with van der Waals surface area (Å²) in [6.07, 6.45) is 1.04. The highest BCUT2D eigenvalue weighted by atomic mass is 16.2. The maximum Gasteiger partial charge on any atom is 0.328 e. The quantitative estimate of drug-likeness (QED) is 0.695. The van der Waals surface area contributed by atoms with Crippen LogP contribution in [0.15, 0.2) is 50.9 Å². The molecule has 0 unspecified atom stereocenters. The van der Waals surface area contributed by atoms with E-state index in [0.29, 0.717) is 11.4 Å². The van der Waals surface area contributed by atoms with E-state index >= 15 is 0 Å². The first-order chi connectivity index (χ1) is 12.3. The number of nitrogens with one attached hydrogen (secondary N) is 2. The van der Waals surface area contributed by atoms with Crippen molar-refractivity contribution in [1.82, 2.24) is 18.9 Å². The van der Waals surface area contributed by atoms with Crippen LogP contribution in [0.2, 0.25) is 0 Å². The zero-order valence-corrected chi connectivity index (χ0v) is 14.4. The Labute approximate surface area is 147 Å². The van der Waals surface area contributed by atoms with E-state index in [4.69, 9.17) is 0 Å². The molecule has 0 saturated heterocycles. The van der Waals surface area contributed by atoms with Gasteiger partial charge in [-0.15, -0.1) is 0 Å². The molecule has 0 aliphatic rings. The molecule has 0 bridgehead atoms. The van der Waals surface area contributed by atoms with Crippen molar-refractivity contribution in [3.63, 3.8) is 0 Å². The second-order valence-electron chi connectivity index (χ2n) is 5.76. The lowest BCUT2D eigenvalue weighted by Gasteiger charge is -2.07. The Bertz CT molecular complexity index is 1160. The summed E-state index contributed by atoms with van der Waals surface area (Å²) >= 11 is 0. The predicted octanol–water partition coefficient (Wildman–Crippen LogP) is 0.124. The lowest BCUT2D eigenvalue weighted by molar-refractivity contribution is 0.102. The zero-order valence-electron chi connectivity index (χ0n) is 14.4. The van der Waals surface area contributed by atoms with Crippen LogP contribution < -0.4 is 22.1 Å². The maximum atomic E-state index is 12.8. The van der Waals surface area contributed by atoms with Crippen LogP contribution in [-0.2, 0) is 14.1 Å². The molecule has 134 valence electrons. The van der Waals surface area contributed by atoms with E-state index in [2.05, 4.69) is 10.3 Å². The summed E-state index contributed by atoms with van der Waals surface area (Å²) < 4.78 is 3.81. The monoisotopic (exact) mass is 355 g/mol. The van der Waals surface area contributed by atoms with E-state index < -0.39 is 22.7 Å². The Balaban J connectivity index is 2.06. The average molecular weight is 355 g/mol. The Hall–Kier alpha value is -3.62. The fourth-order valence-corrected chi connectivity index (χ4v) is 2.62. The summed E-state index contributed by atoms with van der Waals surface area (Å²) in [6.45, 7) is 1.68. The number of anilines is 1. The summed E-state index contributed by atoms with van der Waals surface area (Å²) in [7, 11) is 2.95. The maximum absolute atomic E-state index is 12.8. The largest absolute Gasteiger partial charge is 0.328 e. The van der Waals surface area contributed by atoms with E-state index in [9.17, 15) is 19.2 Å². The normalized spacial score (nSPS) is 10.7. The van der Waals surface area contributed by atoms with Crippen LogP contribution in [0.3, 0.4) is 0 Å². The van der Waals surface area contributed by atoms with Crippen LogP contribution in [0.25, 0.3) is 5.69 Å². The number of rotatable bonds is 3. The van der Waals surface area contributed by atoms with Crippen molar-refractivity contribution in [3.8, 4) is 5.69 Å². The standard InChI is InChI=1S/C17H17N5O4/c1-10-13(16(25)22(21(10)3)11-7-5-4-6-8-11)19-14(23)12-9-18-17(26)20(2)15(12)24/h4-9H,1-3H3,(H,18,26)(H,19,23). The molecule has 0 aliphatic carbocycles. The minimum Gasteiger partial charge on any atom is -0.316 e. The third-order valence-electron chi connectivity index (χ3n) is 4.22. The molecule has 1 amide bonds. The highest BCUT2D eigenvalue weighted by Gasteiger charge is 2.20. The molecular weight excluding hydrogens is 338 g/mol. The van der Waals surface area contributed by atoms with Crippen molar-refractivity contribution >= 4 is 11.6 Å². The third-order valence-corrected chi connectivity index (χ3v) is 4.22. The van der Waals surface area contributed by atoms with Gasteiger partial charge < -0.3 is 10.3 Å². The van der Waals surface area contributed by atoms with Gasteiger partial charge in [0.1, 0.15) is 11.3 Å². The molecule has 0 spiro atoms. The van der Waals surface area contributed by atoms with Gasteiger partial charge in [-0.25, -0.2) is 9.48 Å². The number of aromatic nitrogens is 4. The molecule has 3 aromatic rings. The van der Waals surface area contributed by atoms with Gasteiger partial charge in [0.05, 0.1) is 11.4 Å². The van der Waals surface area contributed by atoms with Crippen molar-refractivity contribution < 1.29 is 4.79 Å². The Morgan fingerprint density at radius 3 is 2.35 bits per heavy atom. The van der Waals surface area contributed by atoms with Gasteiger partial charge >= 0.3 is 5.69 Å². The van der Waals surface area contributed by atoms with Crippen molar-refractivity contribution in [3.05, 3.63) is 79.0 Å². The number of H-pyrrole nitrogens is 1. The van der Waals surface area contributed by atoms with Crippen molar-refractivity contribution in [2.45, 2.75) is 6.92 Å². The Morgan fingerprint density at radius 2 is 1.69 bits per heavy atom. The number of carbonyl (C=O) groups excluding carboxylic acids is 1. The molecule has 2 aromatic heterocycles. The van der Waals surface area contributed by atoms with E-state index in [1.54, 1.807) is 42.9 Å². The van der Waals surface area contributed by atoms with Gasteiger partial charge in [0.15, 0.2) is 0 Å². The highest BCUT2D eigenvalue weighted by Crippen LogP contribution is 2.14. The van der Waals surface area contributed by atoms with Gasteiger partial charge in [0.25, 0.3) is 17.0 Å². The van der Waals surface area contributed by atoms with Crippen molar-refractivity contribution in [1.29, 1.82) is 0 Å². The number of para-hydroxylation sites is 1. The van der Waals surface area contributed by atoms with Crippen LogP contribution in [0.5, 0.6) is 0 Å². The average Bonchev–Trinajstić information content (AvgIpc) is 2.84. The first kappa shape index (κ1) is 17.2. The molecule has 0 radical (unpaired) electrons. The van der Waals surface area contributed by atoms with E-state index in [1.807, 2.05) is 6.07 Å². The SMILES string of the molecule is Cc1c(NC(=O)c2c[nH]c(=O)n(C)c2=O)c(=O)n(-c2ccccc2)n1C. The molecule has 0 saturated carbocycles. The third kappa shape index (κ3) is 2.69.